The molecule has 2 heteroatoms. The largest absolute Gasteiger partial charge is 0.494 e. The van der Waals surface area contributed by atoms with E-state index in [1.807, 2.05) is 12.1 Å². The molecule has 0 heterocycles. The van der Waals surface area contributed by atoms with E-state index in [1.54, 1.807) is 0 Å². The average molecular weight is 247 g/mol. The Kier molecular flexibility index (Phi) is 7.19. The third-order valence-electron chi connectivity index (χ3n) is 2.88. The van der Waals surface area contributed by atoms with Crippen LogP contribution < -0.4 is 10.1 Å². The van der Waals surface area contributed by atoms with Crippen molar-refractivity contribution in [2.24, 2.45) is 0 Å². The van der Waals surface area contributed by atoms with Crippen molar-refractivity contribution in [3.05, 3.63) is 42.5 Å². The highest BCUT2D eigenvalue weighted by Crippen LogP contribution is 2.19. The zero-order chi connectivity index (χ0) is 13.2. The summed E-state index contributed by atoms with van der Waals surface area (Å²) in [5.41, 5.74) is 1.28. The van der Waals surface area contributed by atoms with Crippen molar-refractivity contribution < 1.29 is 4.74 Å². The number of rotatable bonds is 9. The van der Waals surface area contributed by atoms with E-state index in [-0.39, 0.29) is 0 Å². The van der Waals surface area contributed by atoms with Gasteiger partial charge in [0.2, 0.25) is 0 Å². The molecule has 18 heavy (non-hydrogen) atoms. The molecule has 0 saturated heterocycles. The summed E-state index contributed by atoms with van der Waals surface area (Å²) in [5, 5.41) is 3.48. The van der Waals surface area contributed by atoms with E-state index in [4.69, 9.17) is 4.74 Å². The lowest BCUT2D eigenvalue weighted by molar-refractivity contribution is 0.311. The van der Waals surface area contributed by atoms with Crippen molar-refractivity contribution in [3.63, 3.8) is 0 Å². The van der Waals surface area contributed by atoms with Crippen LogP contribution in [0.3, 0.4) is 0 Å². The van der Waals surface area contributed by atoms with E-state index in [2.05, 4.69) is 43.9 Å². The molecule has 0 aliphatic heterocycles. The molecule has 0 spiro atoms. The van der Waals surface area contributed by atoms with Crippen LogP contribution in [0.5, 0.6) is 5.75 Å². The molecule has 1 aromatic carbocycles. The third kappa shape index (κ3) is 5.37. The Bertz CT molecular complexity index is 349. The van der Waals surface area contributed by atoms with Crippen LogP contribution in [0, 0.1) is 0 Å². The van der Waals surface area contributed by atoms with Gasteiger partial charge >= 0.3 is 0 Å². The monoisotopic (exact) mass is 247 g/mol. The van der Waals surface area contributed by atoms with Gasteiger partial charge in [-0.15, -0.1) is 6.58 Å². The van der Waals surface area contributed by atoms with Gasteiger partial charge in [0.25, 0.3) is 0 Å². The van der Waals surface area contributed by atoms with Crippen LogP contribution in [-0.4, -0.2) is 13.2 Å². The standard InChI is InChI=1S/C16H25NO/c1-4-6-7-12-18-16-10-8-9-15(13-16)14(3)17-11-5-2/h4,8-10,13-14,17H,1,5-7,11-12H2,2-3H3. The number of benzene rings is 1. The fraction of sp³-hybridized carbons (Fsp3) is 0.500. The first-order chi connectivity index (χ1) is 8.77. The van der Waals surface area contributed by atoms with E-state index < -0.39 is 0 Å². The normalized spacial score (nSPS) is 12.1. The summed E-state index contributed by atoms with van der Waals surface area (Å²) in [6, 6.07) is 8.72. The van der Waals surface area contributed by atoms with Crippen molar-refractivity contribution in [1.29, 1.82) is 0 Å². The summed E-state index contributed by atoms with van der Waals surface area (Å²) in [7, 11) is 0. The van der Waals surface area contributed by atoms with Crippen molar-refractivity contribution in [2.75, 3.05) is 13.2 Å². The third-order valence-corrected chi connectivity index (χ3v) is 2.88. The Morgan fingerprint density at radius 3 is 3.00 bits per heavy atom. The molecule has 0 aliphatic carbocycles. The lowest BCUT2D eigenvalue weighted by atomic mass is 10.1. The van der Waals surface area contributed by atoms with Gasteiger partial charge in [0, 0.05) is 6.04 Å². The summed E-state index contributed by atoms with van der Waals surface area (Å²) in [5.74, 6) is 0.960. The molecule has 0 radical (unpaired) electrons. The topological polar surface area (TPSA) is 21.3 Å². The number of hydrogen-bond donors (Lipinski definition) is 1. The summed E-state index contributed by atoms with van der Waals surface area (Å²) in [6.07, 6.45) is 5.12. The molecule has 0 bridgehead atoms. The van der Waals surface area contributed by atoms with E-state index in [0.717, 1.165) is 38.2 Å². The Morgan fingerprint density at radius 2 is 2.28 bits per heavy atom. The van der Waals surface area contributed by atoms with E-state index >= 15 is 0 Å². The Hall–Kier alpha value is -1.28. The summed E-state index contributed by atoms with van der Waals surface area (Å²) in [6.45, 7) is 9.88. The first-order valence-corrected chi connectivity index (χ1v) is 6.85. The molecule has 2 nitrogen and oxygen atoms in total. The van der Waals surface area contributed by atoms with Gasteiger partial charge in [-0.05, 0) is 50.4 Å². The van der Waals surface area contributed by atoms with Gasteiger partial charge in [0.05, 0.1) is 6.61 Å². The predicted molar refractivity (Wildman–Crippen MR) is 78.1 cm³/mol. The molecule has 0 aromatic heterocycles. The van der Waals surface area contributed by atoms with Crippen LogP contribution in [0.2, 0.25) is 0 Å². The Labute approximate surface area is 111 Å². The fourth-order valence-corrected chi connectivity index (χ4v) is 1.77. The molecule has 1 N–H and O–H groups in total. The van der Waals surface area contributed by atoms with Gasteiger partial charge < -0.3 is 10.1 Å². The lowest BCUT2D eigenvalue weighted by Crippen LogP contribution is -2.19. The van der Waals surface area contributed by atoms with Crippen molar-refractivity contribution >= 4 is 0 Å². The molecule has 0 aliphatic rings. The molecule has 1 aromatic rings. The van der Waals surface area contributed by atoms with Crippen LogP contribution in [-0.2, 0) is 0 Å². The molecule has 1 atom stereocenters. The molecular formula is C16H25NO. The van der Waals surface area contributed by atoms with Crippen LogP contribution in [0.15, 0.2) is 36.9 Å². The molecule has 0 fully saturated rings. The maximum Gasteiger partial charge on any atom is 0.119 e. The summed E-state index contributed by atoms with van der Waals surface area (Å²) < 4.78 is 5.73. The number of hydrogen-bond acceptors (Lipinski definition) is 2. The minimum absolute atomic E-state index is 0.377. The van der Waals surface area contributed by atoms with Gasteiger partial charge in [0.1, 0.15) is 5.75 Å². The Morgan fingerprint density at radius 1 is 1.44 bits per heavy atom. The van der Waals surface area contributed by atoms with Crippen molar-refractivity contribution in [2.45, 2.75) is 39.2 Å². The highest BCUT2D eigenvalue weighted by molar-refractivity contribution is 5.30. The van der Waals surface area contributed by atoms with Gasteiger partial charge in [-0.2, -0.15) is 0 Å². The quantitative estimate of drug-likeness (QED) is 0.524. The molecule has 0 amide bonds. The van der Waals surface area contributed by atoms with Crippen LogP contribution in [0.4, 0.5) is 0 Å². The second kappa shape index (κ2) is 8.76. The number of unbranched alkanes of at least 4 members (excludes halogenated alkanes) is 1. The Balaban J connectivity index is 2.47. The van der Waals surface area contributed by atoms with Crippen molar-refractivity contribution in [1.82, 2.24) is 5.32 Å². The maximum absolute atomic E-state index is 5.73. The molecule has 1 rings (SSSR count). The summed E-state index contributed by atoms with van der Waals surface area (Å²) in [4.78, 5) is 0. The molecule has 100 valence electrons. The van der Waals surface area contributed by atoms with Gasteiger partial charge in [-0.25, -0.2) is 0 Å². The zero-order valence-corrected chi connectivity index (χ0v) is 11.6. The van der Waals surface area contributed by atoms with Crippen LogP contribution in [0.1, 0.15) is 44.7 Å². The van der Waals surface area contributed by atoms with E-state index in [0.29, 0.717) is 6.04 Å². The minimum atomic E-state index is 0.377. The second-order valence-electron chi connectivity index (χ2n) is 4.53. The smallest absolute Gasteiger partial charge is 0.119 e. The summed E-state index contributed by atoms with van der Waals surface area (Å²) >= 11 is 0. The molecular weight excluding hydrogens is 222 g/mol. The van der Waals surface area contributed by atoms with Gasteiger partial charge in [0.15, 0.2) is 0 Å². The first kappa shape index (κ1) is 14.8. The van der Waals surface area contributed by atoms with Crippen LogP contribution >= 0.6 is 0 Å². The molecule has 0 saturated carbocycles. The molecule has 1 unspecified atom stereocenters. The SMILES string of the molecule is C=CCCCOc1cccc(C(C)NCCC)c1. The predicted octanol–water partition coefficient (Wildman–Crippen LogP) is 4.09. The van der Waals surface area contributed by atoms with Gasteiger partial charge in [-0.3, -0.25) is 0 Å². The number of allylic oxidation sites excluding steroid dienone is 1. The highest BCUT2D eigenvalue weighted by atomic mass is 16.5. The van der Waals surface area contributed by atoms with Crippen molar-refractivity contribution in [3.8, 4) is 5.75 Å². The van der Waals surface area contributed by atoms with Crippen LogP contribution in [0.25, 0.3) is 0 Å². The zero-order valence-electron chi connectivity index (χ0n) is 11.6. The second-order valence-corrected chi connectivity index (χ2v) is 4.53. The average Bonchev–Trinajstić information content (AvgIpc) is 2.41. The minimum Gasteiger partial charge on any atom is -0.494 e. The van der Waals surface area contributed by atoms with E-state index in [1.165, 1.54) is 5.56 Å². The first-order valence-electron chi connectivity index (χ1n) is 6.85. The highest BCUT2D eigenvalue weighted by Gasteiger charge is 2.04. The fourth-order valence-electron chi connectivity index (χ4n) is 1.77. The lowest BCUT2D eigenvalue weighted by Gasteiger charge is -2.15. The number of ether oxygens (including phenoxy) is 1. The van der Waals surface area contributed by atoms with Gasteiger partial charge in [-0.1, -0.05) is 25.1 Å². The number of nitrogens with one attached hydrogen (secondary N) is 1. The maximum atomic E-state index is 5.73. The van der Waals surface area contributed by atoms with E-state index in [9.17, 15) is 0 Å².